The fraction of sp³-hybridized carbons (Fsp3) is 0.0870. The number of thioether (sulfide) groups is 1. The van der Waals surface area contributed by atoms with Crippen LogP contribution in [0, 0.1) is 13.8 Å². The highest BCUT2D eigenvalue weighted by molar-refractivity contribution is 8.18. The van der Waals surface area contributed by atoms with Crippen molar-refractivity contribution in [3.8, 4) is 11.3 Å². The second-order valence-electron chi connectivity index (χ2n) is 6.85. The molecule has 1 aromatic heterocycles. The van der Waals surface area contributed by atoms with Gasteiger partial charge < -0.3 is 14.8 Å². The number of amides is 1. The zero-order chi connectivity index (χ0) is 22.1. The summed E-state index contributed by atoms with van der Waals surface area (Å²) >= 11 is 7.34. The van der Waals surface area contributed by atoms with Crippen molar-refractivity contribution in [2.75, 3.05) is 0 Å². The maximum Gasteiger partial charge on any atom is 0.335 e. The highest BCUT2D eigenvalue weighted by Gasteiger charge is 2.25. The van der Waals surface area contributed by atoms with Crippen LogP contribution in [0.25, 0.3) is 17.4 Å². The Labute approximate surface area is 187 Å². The summed E-state index contributed by atoms with van der Waals surface area (Å²) in [4.78, 5) is 28.7. The third kappa shape index (κ3) is 4.28. The molecule has 0 saturated carbocycles. The largest absolute Gasteiger partial charge is 0.478 e. The lowest BCUT2D eigenvalue weighted by atomic mass is 10.0. The van der Waals surface area contributed by atoms with E-state index in [0.717, 1.165) is 5.56 Å². The number of furan rings is 1. The molecule has 1 aliphatic heterocycles. The molecule has 0 atom stereocenters. The van der Waals surface area contributed by atoms with E-state index in [1.807, 2.05) is 13.0 Å². The average Bonchev–Trinajstić information content (AvgIpc) is 3.32. The highest BCUT2D eigenvalue weighted by Crippen LogP contribution is 2.33. The van der Waals surface area contributed by atoms with Crippen molar-refractivity contribution in [2.24, 2.45) is 4.99 Å². The molecule has 2 aromatic carbocycles. The van der Waals surface area contributed by atoms with E-state index in [1.54, 1.807) is 55.5 Å². The first kappa shape index (κ1) is 21.0. The summed E-state index contributed by atoms with van der Waals surface area (Å²) in [7, 11) is 0. The lowest BCUT2D eigenvalue weighted by Crippen LogP contribution is -2.19. The van der Waals surface area contributed by atoms with Crippen LogP contribution in [0.1, 0.15) is 27.2 Å². The standard InChI is InChI=1S/C23H17ClN2O4S/c1-12-15(5-3-6-16(12)22(28)29)19-10-9-14(30-19)11-20-21(27)26-23(31-20)25-18-8-4-7-17(24)13(18)2/h3-11H,1-2H3,(H,28,29)(H,25,26,27)/b20-11+. The molecule has 0 spiro atoms. The van der Waals surface area contributed by atoms with Crippen LogP contribution in [0.15, 0.2) is 62.8 Å². The van der Waals surface area contributed by atoms with E-state index in [0.29, 0.717) is 43.4 Å². The van der Waals surface area contributed by atoms with Gasteiger partial charge in [-0.05, 0) is 67.1 Å². The molecule has 31 heavy (non-hydrogen) atoms. The maximum atomic E-state index is 12.4. The molecule has 0 aliphatic carbocycles. The molecule has 3 aromatic rings. The van der Waals surface area contributed by atoms with Gasteiger partial charge in [0.05, 0.1) is 16.2 Å². The zero-order valence-corrected chi connectivity index (χ0v) is 18.2. The maximum absolute atomic E-state index is 12.4. The number of carbonyl (C=O) groups is 2. The van der Waals surface area contributed by atoms with Crippen molar-refractivity contribution in [3.63, 3.8) is 0 Å². The number of halogens is 1. The molecule has 1 amide bonds. The van der Waals surface area contributed by atoms with Crippen LogP contribution in [0.4, 0.5) is 5.69 Å². The second-order valence-corrected chi connectivity index (χ2v) is 8.29. The fourth-order valence-electron chi connectivity index (χ4n) is 3.15. The van der Waals surface area contributed by atoms with E-state index in [1.165, 1.54) is 11.8 Å². The van der Waals surface area contributed by atoms with Crippen molar-refractivity contribution >= 4 is 52.2 Å². The third-order valence-corrected chi connectivity index (χ3v) is 6.16. The summed E-state index contributed by atoms with van der Waals surface area (Å²) in [5.41, 5.74) is 3.04. The minimum Gasteiger partial charge on any atom is -0.478 e. The number of nitrogens with zero attached hydrogens (tertiary/aromatic N) is 1. The van der Waals surface area contributed by atoms with Gasteiger partial charge in [-0.25, -0.2) is 9.79 Å². The van der Waals surface area contributed by atoms with Gasteiger partial charge >= 0.3 is 5.97 Å². The smallest absolute Gasteiger partial charge is 0.335 e. The first-order valence-corrected chi connectivity index (χ1v) is 10.5. The minimum atomic E-state index is -0.992. The van der Waals surface area contributed by atoms with Gasteiger partial charge in [0.15, 0.2) is 5.17 Å². The number of amidine groups is 1. The molecule has 0 unspecified atom stereocenters. The Hall–Kier alpha value is -3.29. The number of nitrogens with one attached hydrogen (secondary N) is 1. The molecular weight excluding hydrogens is 436 g/mol. The van der Waals surface area contributed by atoms with Gasteiger partial charge in [0, 0.05) is 16.7 Å². The molecule has 156 valence electrons. The van der Waals surface area contributed by atoms with Crippen LogP contribution >= 0.6 is 23.4 Å². The average molecular weight is 453 g/mol. The number of hydrogen-bond acceptors (Lipinski definition) is 5. The van der Waals surface area contributed by atoms with Gasteiger partial charge in [0.1, 0.15) is 11.5 Å². The summed E-state index contributed by atoms with van der Waals surface area (Å²) in [5.74, 6) is -0.258. The van der Waals surface area contributed by atoms with Gasteiger partial charge in [-0.3, -0.25) is 4.79 Å². The van der Waals surface area contributed by atoms with Crippen LogP contribution in [-0.2, 0) is 4.79 Å². The normalized spacial score (nSPS) is 16.2. The van der Waals surface area contributed by atoms with Crippen molar-refractivity contribution in [1.82, 2.24) is 5.32 Å². The van der Waals surface area contributed by atoms with Crippen molar-refractivity contribution in [2.45, 2.75) is 13.8 Å². The Morgan fingerprint density at radius 1 is 1.13 bits per heavy atom. The highest BCUT2D eigenvalue weighted by atomic mass is 35.5. The Morgan fingerprint density at radius 2 is 1.90 bits per heavy atom. The molecule has 1 fully saturated rings. The van der Waals surface area contributed by atoms with Crippen LogP contribution < -0.4 is 5.32 Å². The first-order chi connectivity index (χ1) is 14.8. The monoisotopic (exact) mass is 452 g/mol. The van der Waals surface area contributed by atoms with Crippen molar-refractivity contribution in [3.05, 3.63) is 80.9 Å². The van der Waals surface area contributed by atoms with Crippen LogP contribution in [0.2, 0.25) is 5.02 Å². The van der Waals surface area contributed by atoms with Gasteiger partial charge in [-0.1, -0.05) is 29.8 Å². The lowest BCUT2D eigenvalue weighted by molar-refractivity contribution is -0.115. The summed E-state index contributed by atoms with van der Waals surface area (Å²) in [6, 6.07) is 13.9. The van der Waals surface area contributed by atoms with E-state index in [2.05, 4.69) is 10.3 Å². The van der Waals surface area contributed by atoms with Gasteiger partial charge in [-0.2, -0.15) is 0 Å². The first-order valence-electron chi connectivity index (χ1n) is 9.31. The Bertz CT molecular complexity index is 1280. The van der Waals surface area contributed by atoms with Gasteiger partial charge in [0.25, 0.3) is 5.91 Å². The SMILES string of the molecule is Cc1c(Cl)cccc1N=C1NC(=O)/C(=C\c2ccc(-c3cccc(C(=O)O)c3C)o2)S1. The second kappa shape index (κ2) is 8.45. The van der Waals surface area contributed by atoms with Crippen LogP contribution in [0.3, 0.4) is 0 Å². The number of hydrogen-bond donors (Lipinski definition) is 2. The van der Waals surface area contributed by atoms with Crippen LogP contribution in [-0.4, -0.2) is 22.2 Å². The number of aliphatic imine (C=N–C) groups is 1. The van der Waals surface area contributed by atoms with E-state index in [4.69, 9.17) is 16.0 Å². The summed E-state index contributed by atoms with van der Waals surface area (Å²) in [6.07, 6.45) is 1.63. The zero-order valence-electron chi connectivity index (χ0n) is 16.6. The number of carboxylic acid groups (broad SMARTS) is 1. The van der Waals surface area contributed by atoms with Crippen molar-refractivity contribution < 1.29 is 19.1 Å². The lowest BCUT2D eigenvalue weighted by Gasteiger charge is -2.05. The predicted molar refractivity (Wildman–Crippen MR) is 123 cm³/mol. The van der Waals surface area contributed by atoms with Gasteiger partial charge in [-0.15, -0.1) is 0 Å². The molecular formula is C23H17ClN2O4S. The molecule has 6 nitrogen and oxygen atoms in total. The number of carbonyl (C=O) groups excluding carboxylic acids is 1. The number of carboxylic acids is 1. The van der Waals surface area contributed by atoms with Crippen LogP contribution in [0.5, 0.6) is 0 Å². The quantitative estimate of drug-likeness (QED) is 0.487. The molecule has 0 bridgehead atoms. The summed E-state index contributed by atoms with van der Waals surface area (Å²) < 4.78 is 5.86. The van der Waals surface area contributed by atoms with E-state index in [9.17, 15) is 14.7 Å². The van der Waals surface area contributed by atoms with E-state index < -0.39 is 5.97 Å². The molecule has 2 N–H and O–H groups in total. The summed E-state index contributed by atoms with van der Waals surface area (Å²) in [6.45, 7) is 3.60. The molecule has 4 rings (SSSR count). The van der Waals surface area contributed by atoms with Crippen molar-refractivity contribution in [1.29, 1.82) is 0 Å². The van der Waals surface area contributed by atoms with E-state index in [-0.39, 0.29) is 11.5 Å². The van der Waals surface area contributed by atoms with Gasteiger partial charge in [0.2, 0.25) is 0 Å². The molecule has 1 aliphatic rings. The topological polar surface area (TPSA) is 91.9 Å². The molecule has 0 radical (unpaired) electrons. The fourth-order valence-corrected chi connectivity index (χ4v) is 4.13. The predicted octanol–water partition coefficient (Wildman–Crippen LogP) is 5.81. The Balaban J connectivity index is 1.60. The molecule has 1 saturated heterocycles. The molecule has 2 heterocycles. The van der Waals surface area contributed by atoms with E-state index >= 15 is 0 Å². The minimum absolute atomic E-state index is 0.219. The Kier molecular flexibility index (Phi) is 5.71. The third-order valence-electron chi connectivity index (χ3n) is 4.84. The number of aromatic carboxylic acids is 1. The summed E-state index contributed by atoms with van der Waals surface area (Å²) in [5, 5.41) is 13.1. The Morgan fingerprint density at radius 3 is 2.68 bits per heavy atom. The number of benzene rings is 2. The number of rotatable bonds is 4. The molecule has 8 heteroatoms.